The first kappa shape index (κ1) is 35.5. The number of hydrogen-bond donors (Lipinski definition) is 1. The molecule has 0 radical (unpaired) electrons. The molecule has 254 valence electrons. The van der Waals surface area contributed by atoms with E-state index >= 15 is 0 Å². The van der Waals surface area contributed by atoms with Crippen molar-refractivity contribution in [2.24, 2.45) is 11.3 Å². The highest BCUT2D eigenvalue weighted by Crippen LogP contribution is 2.44. The summed E-state index contributed by atoms with van der Waals surface area (Å²) >= 11 is 0. The zero-order valence-corrected chi connectivity index (χ0v) is 28.9. The van der Waals surface area contributed by atoms with Gasteiger partial charge in [0.25, 0.3) is 11.8 Å². The smallest absolute Gasteiger partial charge is 0.282 e. The predicted molar refractivity (Wildman–Crippen MR) is 178 cm³/mol. The minimum atomic E-state index is -0.508. The number of carbonyl (C=O) groups is 2. The summed E-state index contributed by atoms with van der Waals surface area (Å²) in [4.78, 5) is 38.5. The molecular weight excluding hydrogens is 587 g/mol. The third-order valence-electron chi connectivity index (χ3n) is 9.75. The van der Waals surface area contributed by atoms with E-state index in [0.29, 0.717) is 30.7 Å². The Bertz CT molecular complexity index is 1340. The van der Waals surface area contributed by atoms with Crippen LogP contribution in [0.15, 0.2) is 24.5 Å². The van der Waals surface area contributed by atoms with Crippen LogP contribution in [0.4, 0.5) is 10.2 Å². The van der Waals surface area contributed by atoms with Gasteiger partial charge in [-0.3, -0.25) is 14.5 Å². The second-order valence-corrected chi connectivity index (χ2v) is 13.8. The molecule has 2 fully saturated rings. The Hall–Kier alpha value is -3.38. The minimum absolute atomic E-state index is 0.0502. The maximum absolute atomic E-state index is 14.3. The van der Waals surface area contributed by atoms with Crippen LogP contribution < -0.4 is 15.0 Å². The molecule has 2 aliphatic rings. The SMILES string of the molecule is CCN(C(=O)c1cc(F)ccc1Oc1nncnc1N1CCC2(C1)CN([C@H](CCCN(C)[C@@H](C)CC(=O)NC)C(C)C)C2)C(C)C. The molecule has 2 atom stereocenters. The topological polar surface area (TPSA) is 107 Å². The summed E-state index contributed by atoms with van der Waals surface area (Å²) in [7, 11) is 3.79. The largest absolute Gasteiger partial charge is 0.434 e. The van der Waals surface area contributed by atoms with Crippen molar-refractivity contribution in [1.82, 2.24) is 35.2 Å². The number of carbonyl (C=O) groups excluding carboxylic acids is 2. The van der Waals surface area contributed by atoms with Gasteiger partial charge in [0.15, 0.2) is 5.82 Å². The molecule has 11 nitrogen and oxygen atoms in total. The van der Waals surface area contributed by atoms with E-state index in [-0.39, 0.29) is 46.5 Å². The van der Waals surface area contributed by atoms with Crippen molar-refractivity contribution in [3.8, 4) is 11.6 Å². The number of nitrogens with one attached hydrogen (secondary N) is 1. The zero-order valence-electron chi connectivity index (χ0n) is 28.9. The third kappa shape index (κ3) is 8.31. The summed E-state index contributed by atoms with van der Waals surface area (Å²) in [6.45, 7) is 17.6. The van der Waals surface area contributed by atoms with Gasteiger partial charge in [0, 0.05) is 69.7 Å². The third-order valence-corrected chi connectivity index (χ3v) is 9.75. The number of rotatable bonds is 15. The molecule has 0 unspecified atom stereocenters. The lowest BCUT2D eigenvalue weighted by atomic mass is 9.76. The minimum Gasteiger partial charge on any atom is -0.434 e. The highest BCUT2D eigenvalue weighted by Gasteiger charge is 2.50. The number of halogens is 1. The molecule has 4 rings (SSSR count). The van der Waals surface area contributed by atoms with E-state index in [1.54, 1.807) is 11.9 Å². The van der Waals surface area contributed by atoms with Crippen molar-refractivity contribution in [2.45, 2.75) is 85.4 Å². The Morgan fingerprint density at radius 3 is 2.54 bits per heavy atom. The maximum Gasteiger partial charge on any atom is 0.282 e. The van der Waals surface area contributed by atoms with Gasteiger partial charge in [-0.15, -0.1) is 10.2 Å². The molecule has 1 spiro atoms. The summed E-state index contributed by atoms with van der Waals surface area (Å²) in [5, 5.41) is 10.9. The number of anilines is 1. The summed E-state index contributed by atoms with van der Waals surface area (Å²) in [5.74, 6) is 0.828. The van der Waals surface area contributed by atoms with E-state index < -0.39 is 5.82 Å². The first-order valence-electron chi connectivity index (χ1n) is 16.7. The molecule has 1 N–H and O–H groups in total. The second kappa shape index (κ2) is 15.5. The molecule has 0 saturated carbocycles. The number of ether oxygens (including phenoxy) is 1. The molecule has 46 heavy (non-hydrogen) atoms. The van der Waals surface area contributed by atoms with Gasteiger partial charge in [-0.2, -0.15) is 0 Å². The van der Waals surface area contributed by atoms with Gasteiger partial charge in [-0.25, -0.2) is 9.37 Å². The van der Waals surface area contributed by atoms with E-state index in [9.17, 15) is 14.0 Å². The molecule has 2 aromatic rings. The van der Waals surface area contributed by atoms with E-state index in [2.05, 4.69) is 63.0 Å². The number of likely N-dealkylation sites (tertiary alicyclic amines) is 1. The first-order valence-corrected chi connectivity index (χ1v) is 16.7. The van der Waals surface area contributed by atoms with Crippen molar-refractivity contribution in [2.75, 3.05) is 58.3 Å². The lowest BCUT2D eigenvalue weighted by molar-refractivity contribution is -0.121. The average molecular weight is 641 g/mol. The van der Waals surface area contributed by atoms with Crippen LogP contribution in [0.5, 0.6) is 11.6 Å². The first-order chi connectivity index (χ1) is 21.9. The van der Waals surface area contributed by atoms with Crippen molar-refractivity contribution >= 4 is 17.6 Å². The maximum atomic E-state index is 14.3. The van der Waals surface area contributed by atoms with Crippen molar-refractivity contribution < 1.29 is 18.7 Å². The molecule has 0 bridgehead atoms. The van der Waals surface area contributed by atoms with Crippen LogP contribution in [-0.2, 0) is 4.79 Å². The van der Waals surface area contributed by atoms with Gasteiger partial charge in [-0.05, 0) is 84.7 Å². The Morgan fingerprint density at radius 1 is 1.15 bits per heavy atom. The molecular formula is C34H53FN8O3. The van der Waals surface area contributed by atoms with Crippen LogP contribution in [0.1, 0.15) is 77.6 Å². The van der Waals surface area contributed by atoms with Gasteiger partial charge >= 0.3 is 0 Å². The summed E-state index contributed by atoms with van der Waals surface area (Å²) < 4.78 is 20.5. The van der Waals surface area contributed by atoms with Gasteiger partial charge in [0.1, 0.15) is 17.9 Å². The van der Waals surface area contributed by atoms with Crippen molar-refractivity contribution in [3.63, 3.8) is 0 Å². The quantitative estimate of drug-likeness (QED) is 0.302. The average Bonchev–Trinajstić information content (AvgIpc) is 3.45. The molecule has 2 aliphatic heterocycles. The lowest BCUT2D eigenvalue weighted by Crippen LogP contribution is -2.62. The molecule has 0 aliphatic carbocycles. The zero-order chi connectivity index (χ0) is 33.6. The van der Waals surface area contributed by atoms with Crippen LogP contribution >= 0.6 is 0 Å². The number of amides is 2. The van der Waals surface area contributed by atoms with Crippen LogP contribution in [0.2, 0.25) is 0 Å². The summed E-state index contributed by atoms with van der Waals surface area (Å²) in [6.07, 6.45) is 5.17. The predicted octanol–water partition coefficient (Wildman–Crippen LogP) is 4.45. The Kier molecular flexibility index (Phi) is 11.9. The number of aromatic nitrogens is 3. The molecule has 12 heteroatoms. The molecule has 2 amide bonds. The van der Waals surface area contributed by atoms with Crippen LogP contribution in [0.25, 0.3) is 0 Å². The second-order valence-electron chi connectivity index (χ2n) is 13.8. The summed E-state index contributed by atoms with van der Waals surface area (Å²) in [6, 6.07) is 4.63. The number of nitrogens with zero attached hydrogens (tertiary/aromatic N) is 7. The van der Waals surface area contributed by atoms with E-state index in [0.717, 1.165) is 52.0 Å². The highest BCUT2D eigenvalue weighted by atomic mass is 19.1. The Morgan fingerprint density at radius 2 is 1.89 bits per heavy atom. The lowest BCUT2D eigenvalue weighted by Gasteiger charge is -2.53. The van der Waals surface area contributed by atoms with Crippen molar-refractivity contribution in [1.29, 1.82) is 0 Å². The standard InChI is InChI=1S/C34H53FN8O3/c1-9-43(24(4)5)33(45)27-18-26(35)12-13-29(27)46-32-31(37-22-38-39-32)41-16-14-34(19-41)20-42(21-34)28(23(2)3)11-10-15-40(8)25(6)17-30(44)36-7/h12-13,18,22-25,28H,9-11,14-17,19-21H2,1-8H3,(H,36,44)/t25-,28+/m0/s1. The van der Waals surface area contributed by atoms with Gasteiger partial charge in [0.2, 0.25) is 5.91 Å². The van der Waals surface area contributed by atoms with Crippen LogP contribution in [-0.4, -0.2) is 113 Å². The van der Waals surface area contributed by atoms with Crippen molar-refractivity contribution in [3.05, 3.63) is 35.9 Å². The van der Waals surface area contributed by atoms with Crippen LogP contribution in [0, 0.1) is 17.2 Å². The van der Waals surface area contributed by atoms with Gasteiger partial charge in [-0.1, -0.05) is 13.8 Å². The van der Waals surface area contributed by atoms with Gasteiger partial charge in [0.05, 0.1) is 5.56 Å². The molecule has 1 aromatic heterocycles. The fourth-order valence-corrected chi connectivity index (χ4v) is 6.96. The molecule has 3 heterocycles. The van der Waals surface area contributed by atoms with E-state index in [4.69, 9.17) is 4.74 Å². The summed E-state index contributed by atoms with van der Waals surface area (Å²) in [5.41, 5.74) is 0.316. The fourth-order valence-electron chi connectivity index (χ4n) is 6.96. The van der Waals surface area contributed by atoms with E-state index in [1.807, 2.05) is 20.8 Å². The number of hydrogen-bond acceptors (Lipinski definition) is 9. The Labute approximate surface area is 273 Å². The normalized spacial score (nSPS) is 17.4. The monoisotopic (exact) mass is 640 g/mol. The highest BCUT2D eigenvalue weighted by molar-refractivity contribution is 5.97. The fraction of sp³-hybridized carbons (Fsp3) is 0.676. The van der Waals surface area contributed by atoms with E-state index in [1.165, 1.54) is 24.5 Å². The molecule has 2 saturated heterocycles. The number of benzene rings is 1. The Balaban J connectivity index is 1.39. The molecule has 1 aromatic carbocycles. The van der Waals surface area contributed by atoms with Gasteiger partial charge < -0.3 is 24.8 Å². The van der Waals surface area contributed by atoms with Crippen LogP contribution in [0.3, 0.4) is 0 Å².